The SMILES string of the molecule is O=C(c1ccc(NSc2cccc3cccnc23)c(F)c1)N1CCC(O)(c2ccccc2Cl)CC1. The smallest absolute Gasteiger partial charge is 0.253 e. The Balaban J connectivity index is 1.25. The lowest BCUT2D eigenvalue weighted by Gasteiger charge is -2.39. The van der Waals surface area contributed by atoms with Crippen molar-refractivity contribution in [2.24, 2.45) is 0 Å². The van der Waals surface area contributed by atoms with Crippen LogP contribution in [0.4, 0.5) is 10.1 Å². The largest absolute Gasteiger partial charge is 0.385 e. The van der Waals surface area contributed by atoms with Crippen LogP contribution in [0, 0.1) is 5.82 Å². The number of anilines is 1. The quantitative estimate of drug-likeness (QED) is 0.312. The summed E-state index contributed by atoms with van der Waals surface area (Å²) in [4.78, 5) is 19.9. The van der Waals surface area contributed by atoms with E-state index in [0.29, 0.717) is 36.5 Å². The lowest BCUT2D eigenvalue weighted by molar-refractivity contribution is -0.0210. The summed E-state index contributed by atoms with van der Waals surface area (Å²) in [7, 11) is 0. The van der Waals surface area contributed by atoms with Gasteiger partial charge >= 0.3 is 0 Å². The van der Waals surface area contributed by atoms with Crippen molar-refractivity contribution in [3.8, 4) is 0 Å². The molecule has 0 spiro atoms. The zero-order valence-electron chi connectivity index (χ0n) is 18.7. The van der Waals surface area contributed by atoms with Crippen LogP contribution in [-0.4, -0.2) is 34.0 Å². The van der Waals surface area contributed by atoms with Crippen molar-refractivity contribution in [3.05, 3.63) is 101 Å². The number of nitrogens with zero attached hydrogens (tertiary/aromatic N) is 2. The number of aromatic nitrogens is 1. The number of fused-ring (bicyclic) bond motifs is 1. The van der Waals surface area contributed by atoms with E-state index in [9.17, 15) is 14.3 Å². The molecule has 0 bridgehead atoms. The van der Waals surface area contributed by atoms with Crippen LogP contribution < -0.4 is 4.72 Å². The average molecular weight is 508 g/mol. The van der Waals surface area contributed by atoms with Gasteiger partial charge in [-0.1, -0.05) is 48.0 Å². The van der Waals surface area contributed by atoms with Crippen molar-refractivity contribution in [2.45, 2.75) is 23.3 Å². The molecule has 1 amide bonds. The average Bonchev–Trinajstić information content (AvgIpc) is 2.88. The van der Waals surface area contributed by atoms with Crippen molar-refractivity contribution in [1.82, 2.24) is 9.88 Å². The van der Waals surface area contributed by atoms with Crippen LogP contribution in [-0.2, 0) is 5.60 Å². The molecular weight excluding hydrogens is 485 g/mol. The predicted octanol–water partition coefficient (Wildman–Crippen LogP) is 6.27. The van der Waals surface area contributed by atoms with E-state index in [2.05, 4.69) is 9.71 Å². The van der Waals surface area contributed by atoms with Crippen LogP contribution in [0.1, 0.15) is 28.8 Å². The van der Waals surface area contributed by atoms with Crippen molar-refractivity contribution in [3.63, 3.8) is 0 Å². The first kappa shape index (κ1) is 23.6. The summed E-state index contributed by atoms with van der Waals surface area (Å²) in [5.74, 6) is -0.774. The molecule has 0 aliphatic carbocycles. The van der Waals surface area contributed by atoms with Gasteiger partial charge in [0.25, 0.3) is 5.91 Å². The fourth-order valence-corrected chi connectivity index (χ4v) is 5.48. The van der Waals surface area contributed by atoms with Crippen LogP contribution in [0.25, 0.3) is 10.9 Å². The number of halogens is 2. The molecule has 1 aromatic heterocycles. The minimum absolute atomic E-state index is 0.262. The summed E-state index contributed by atoms with van der Waals surface area (Å²) in [6.45, 7) is 0.707. The van der Waals surface area contributed by atoms with Gasteiger partial charge < -0.3 is 14.7 Å². The van der Waals surface area contributed by atoms with E-state index in [0.717, 1.165) is 15.8 Å². The maximum Gasteiger partial charge on any atom is 0.253 e. The molecule has 5 nitrogen and oxygen atoms in total. The van der Waals surface area contributed by atoms with Crippen molar-refractivity contribution < 1.29 is 14.3 Å². The Labute approximate surface area is 212 Å². The summed E-state index contributed by atoms with van der Waals surface area (Å²) in [6, 6.07) is 21.3. The molecular formula is C27H23ClFN3O2S. The van der Waals surface area contributed by atoms with Crippen LogP contribution in [0.2, 0.25) is 5.02 Å². The number of aliphatic hydroxyl groups is 1. The number of carbonyl (C=O) groups excluding carboxylic acids is 1. The van der Waals surface area contributed by atoms with Gasteiger partial charge in [0.2, 0.25) is 0 Å². The molecule has 0 unspecified atom stereocenters. The fourth-order valence-electron chi connectivity index (χ4n) is 4.37. The highest BCUT2D eigenvalue weighted by Crippen LogP contribution is 2.37. The van der Waals surface area contributed by atoms with E-state index in [4.69, 9.17) is 11.6 Å². The lowest BCUT2D eigenvalue weighted by atomic mass is 9.84. The topological polar surface area (TPSA) is 65.5 Å². The molecule has 5 rings (SSSR count). The summed E-state index contributed by atoms with van der Waals surface area (Å²) < 4.78 is 17.9. The normalized spacial score (nSPS) is 15.2. The molecule has 1 fully saturated rings. The first-order valence-electron chi connectivity index (χ1n) is 11.3. The zero-order valence-corrected chi connectivity index (χ0v) is 20.3. The van der Waals surface area contributed by atoms with E-state index in [-0.39, 0.29) is 17.2 Å². The molecule has 1 aliphatic rings. The summed E-state index contributed by atoms with van der Waals surface area (Å²) in [6.07, 6.45) is 2.45. The van der Waals surface area contributed by atoms with Crippen LogP contribution in [0.15, 0.2) is 83.9 Å². The van der Waals surface area contributed by atoms with Crippen LogP contribution in [0.5, 0.6) is 0 Å². The van der Waals surface area contributed by atoms with Gasteiger partial charge in [0.1, 0.15) is 5.82 Å². The van der Waals surface area contributed by atoms with E-state index in [1.165, 1.54) is 18.0 Å². The third-order valence-corrected chi connectivity index (χ3v) is 7.54. The first-order chi connectivity index (χ1) is 16.9. The Morgan fingerprint density at radius 2 is 1.83 bits per heavy atom. The maximum absolute atomic E-state index is 14.9. The van der Waals surface area contributed by atoms with Crippen molar-refractivity contribution in [2.75, 3.05) is 17.8 Å². The van der Waals surface area contributed by atoms with Crippen molar-refractivity contribution >= 4 is 46.0 Å². The predicted molar refractivity (Wildman–Crippen MR) is 138 cm³/mol. The third kappa shape index (κ3) is 4.85. The van der Waals surface area contributed by atoms with E-state index in [1.807, 2.05) is 48.5 Å². The number of piperidine rings is 1. The standard InChI is InChI=1S/C27H23ClFN3O2S/c28-21-8-2-1-7-20(21)27(34)12-15-32(16-13-27)26(33)19-10-11-23(22(29)17-19)31-35-24-9-3-5-18-6-4-14-30-25(18)24/h1-11,14,17,31,34H,12-13,15-16H2. The number of amides is 1. The number of carbonyl (C=O) groups is 1. The number of rotatable bonds is 5. The van der Waals surface area contributed by atoms with Gasteiger partial charge in [-0.25, -0.2) is 4.39 Å². The van der Waals surface area contributed by atoms with Gasteiger partial charge in [0.05, 0.1) is 21.7 Å². The highest BCUT2D eigenvalue weighted by molar-refractivity contribution is 8.00. The molecule has 1 aliphatic heterocycles. The summed E-state index contributed by atoms with van der Waals surface area (Å²) in [5, 5.41) is 12.6. The van der Waals surface area contributed by atoms with Crippen LogP contribution >= 0.6 is 23.5 Å². The number of hydrogen-bond acceptors (Lipinski definition) is 5. The Kier molecular flexibility index (Phi) is 6.65. The van der Waals surface area contributed by atoms with Gasteiger partial charge in [-0.05, 0) is 61.2 Å². The Bertz CT molecular complexity index is 1390. The lowest BCUT2D eigenvalue weighted by Crippen LogP contribution is -2.45. The number of pyridine rings is 1. The van der Waals surface area contributed by atoms with E-state index in [1.54, 1.807) is 29.3 Å². The van der Waals surface area contributed by atoms with Crippen LogP contribution in [0.3, 0.4) is 0 Å². The molecule has 8 heteroatoms. The number of hydrogen-bond donors (Lipinski definition) is 2. The third-order valence-electron chi connectivity index (χ3n) is 6.34. The molecule has 0 atom stereocenters. The summed E-state index contributed by atoms with van der Waals surface area (Å²) in [5.41, 5.74) is 0.983. The molecule has 2 N–H and O–H groups in total. The zero-order chi connectivity index (χ0) is 24.4. The number of likely N-dealkylation sites (tertiary alicyclic amines) is 1. The molecule has 0 saturated carbocycles. The number of benzene rings is 3. The minimum Gasteiger partial charge on any atom is -0.385 e. The molecule has 3 aromatic carbocycles. The molecule has 35 heavy (non-hydrogen) atoms. The fraction of sp³-hybridized carbons (Fsp3) is 0.185. The van der Waals surface area contributed by atoms with Gasteiger partial charge in [0, 0.05) is 40.8 Å². The molecule has 1 saturated heterocycles. The Morgan fingerprint density at radius 3 is 2.60 bits per heavy atom. The number of nitrogens with one attached hydrogen (secondary N) is 1. The number of para-hydroxylation sites is 1. The van der Waals surface area contributed by atoms with E-state index < -0.39 is 11.4 Å². The maximum atomic E-state index is 14.9. The van der Waals surface area contributed by atoms with Gasteiger partial charge in [-0.2, -0.15) is 0 Å². The molecule has 178 valence electrons. The Morgan fingerprint density at radius 1 is 1.06 bits per heavy atom. The van der Waals surface area contributed by atoms with E-state index >= 15 is 0 Å². The second kappa shape index (κ2) is 9.85. The Hall–Kier alpha value is -3.13. The molecule has 0 radical (unpaired) electrons. The van der Waals surface area contributed by atoms with Gasteiger partial charge in [0.15, 0.2) is 0 Å². The summed E-state index contributed by atoms with van der Waals surface area (Å²) >= 11 is 7.55. The second-order valence-corrected chi connectivity index (χ2v) is 9.79. The second-order valence-electron chi connectivity index (χ2n) is 8.53. The first-order valence-corrected chi connectivity index (χ1v) is 12.5. The minimum atomic E-state index is -1.08. The molecule has 4 aromatic rings. The van der Waals surface area contributed by atoms with Gasteiger partial charge in [-0.3, -0.25) is 9.78 Å². The highest BCUT2D eigenvalue weighted by atomic mass is 35.5. The van der Waals surface area contributed by atoms with Gasteiger partial charge in [-0.15, -0.1) is 0 Å². The highest BCUT2D eigenvalue weighted by Gasteiger charge is 2.37. The van der Waals surface area contributed by atoms with Crippen molar-refractivity contribution in [1.29, 1.82) is 0 Å². The molecule has 2 heterocycles. The monoisotopic (exact) mass is 507 g/mol.